The minimum Gasteiger partial charge on any atom is -0.495 e. The van der Waals surface area contributed by atoms with Crippen LogP contribution >= 0.6 is 23.2 Å². The first-order valence-electron chi connectivity index (χ1n) is 17.1. The molecular formula is C35H42Cl2N8O9. The maximum atomic E-state index is 13.7. The number of nitrogens with zero attached hydrogens (tertiary/aromatic N) is 6. The van der Waals surface area contributed by atoms with Gasteiger partial charge in [0.25, 0.3) is 5.69 Å². The monoisotopic (exact) mass is 788 g/mol. The number of amides is 3. The second kappa shape index (κ2) is 16.9. The Balaban J connectivity index is 1.32. The lowest BCUT2D eigenvalue weighted by Crippen LogP contribution is -2.44. The Morgan fingerprint density at radius 1 is 0.963 bits per heavy atom. The molecule has 1 aromatic heterocycles. The van der Waals surface area contributed by atoms with E-state index in [0.29, 0.717) is 17.8 Å². The highest BCUT2D eigenvalue weighted by Gasteiger charge is 2.35. The zero-order valence-electron chi connectivity index (χ0n) is 30.7. The number of hydrogen-bond donors (Lipinski definition) is 2. The Kier molecular flexibility index (Phi) is 12.5. The van der Waals surface area contributed by atoms with Gasteiger partial charge in [-0.1, -0.05) is 23.2 Å². The lowest BCUT2D eigenvalue weighted by molar-refractivity contribution is -0.384. The van der Waals surface area contributed by atoms with Crippen molar-refractivity contribution in [1.29, 1.82) is 0 Å². The first kappa shape index (κ1) is 40.1. The molecule has 3 aromatic rings. The molecule has 0 atom stereocenters. The summed E-state index contributed by atoms with van der Waals surface area (Å²) in [7, 11) is 4.87. The highest BCUT2D eigenvalue weighted by molar-refractivity contribution is 6.41. The van der Waals surface area contributed by atoms with Gasteiger partial charge < -0.3 is 34.1 Å². The van der Waals surface area contributed by atoms with Gasteiger partial charge in [-0.25, -0.2) is 29.3 Å². The molecule has 1 saturated carbocycles. The molecule has 2 N–H and O–H groups in total. The summed E-state index contributed by atoms with van der Waals surface area (Å²) in [5, 5.41) is 17.1. The molecule has 3 amide bonds. The minimum atomic E-state index is -1.23. The Morgan fingerprint density at radius 2 is 1.59 bits per heavy atom. The number of carbonyl (C=O) groups is 3. The average molecular weight is 790 g/mol. The van der Waals surface area contributed by atoms with Crippen LogP contribution in [0.5, 0.6) is 11.5 Å². The molecule has 0 radical (unpaired) electrons. The first-order valence-corrected chi connectivity index (χ1v) is 17.8. The molecule has 1 aliphatic carbocycles. The summed E-state index contributed by atoms with van der Waals surface area (Å²) in [6.45, 7) is 6.15. The molecule has 54 heavy (non-hydrogen) atoms. The number of nitro groups is 1. The van der Waals surface area contributed by atoms with Gasteiger partial charge in [-0.3, -0.25) is 15.4 Å². The lowest BCUT2D eigenvalue weighted by Gasteiger charge is -2.38. The van der Waals surface area contributed by atoms with Crippen LogP contribution in [0.4, 0.5) is 43.0 Å². The molecule has 1 saturated heterocycles. The zero-order chi connectivity index (χ0) is 39.3. The number of benzene rings is 2. The third kappa shape index (κ3) is 9.69. The Hall–Kier alpha value is -5.13. The molecule has 5 rings (SSSR count). The first-order chi connectivity index (χ1) is 25.6. The molecule has 1 aliphatic heterocycles. The van der Waals surface area contributed by atoms with Crippen molar-refractivity contribution >= 4 is 70.0 Å². The zero-order valence-corrected chi connectivity index (χ0v) is 32.2. The van der Waals surface area contributed by atoms with E-state index >= 15 is 0 Å². The van der Waals surface area contributed by atoms with Crippen LogP contribution in [0.25, 0.3) is 0 Å². The van der Waals surface area contributed by atoms with Gasteiger partial charge in [0.05, 0.1) is 37.1 Å². The van der Waals surface area contributed by atoms with Crippen molar-refractivity contribution in [3.63, 3.8) is 0 Å². The van der Waals surface area contributed by atoms with Crippen molar-refractivity contribution < 1.29 is 38.3 Å². The summed E-state index contributed by atoms with van der Waals surface area (Å²) >= 11 is 12.5. The Morgan fingerprint density at radius 3 is 2.17 bits per heavy atom. The van der Waals surface area contributed by atoms with Crippen molar-refractivity contribution in [3.8, 4) is 11.5 Å². The average Bonchev–Trinajstić information content (AvgIpc) is 3.98. The molecule has 290 valence electrons. The predicted molar refractivity (Wildman–Crippen MR) is 201 cm³/mol. The minimum absolute atomic E-state index is 0.0598. The van der Waals surface area contributed by atoms with Crippen LogP contribution in [-0.2, 0) is 16.0 Å². The van der Waals surface area contributed by atoms with E-state index < -0.39 is 28.8 Å². The van der Waals surface area contributed by atoms with Gasteiger partial charge in [0.15, 0.2) is 0 Å². The molecule has 2 aromatic carbocycles. The fourth-order valence-electron chi connectivity index (χ4n) is 5.99. The number of nitrogens with one attached hydrogen (secondary N) is 2. The summed E-state index contributed by atoms with van der Waals surface area (Å²) in [6, 6.07) is 8.54. The number of hydrogen-bond acceptors (Lipinski definition) is 13. The van der Waals surface area contributed by atoms with Crippen LogP contribution in [-0.4, -0.2) is 90.1 Å². The largest absolute Gasteiger partial charge is 0.495 e. The Labute approximate surface area is 321 Å². The fraction of sp³-hybridized carbons (Fsp3) is 0.457. The van der Waals surface area contributed by atoms with E-state index in [1.807, 2.05) is 0 Å². The van der Waals surface area contributed by atoms with Crippen molar-refractivity contribution in [2.75, 3.05) is 49.5 Å². The molecule has 2 heterocycles. The van der Waals surface area contributed by atoms with Gasteiger partial charge in [-0.2, -0.15) is 0 Å². The van der Waals surface area contributed by atoms with Crippen LogP contribution in [0.1, 0.15) is 52.1 Å². The Bertz CT molecular complexity index is 1870. The van der Waals surface area contributed by atoms with Crippen molar-refractivity contribution in [2.24, 2.45) is 0 Å². The number of rotatable bonds is 11. The molecule has 2 aliphatic rings. The van der Waals surface area contributed by atoms with Gasteiger partial charge in [0, 0.05) is 49.1 Å². The number of alkyl carbamates (subject to hydrolysis) is 1. The number of anilines is 4. The lowest BCUT2D eigenvalue weighted by atomic mass is 10.0. The van der Waals surface area contributed by atoms with E-state index in [0.717, 1.165) is 37.2 Å². The summed E-state index contributed by atoms with van der Waals surface area (Å²) in [5.41, 5.74) is -0.675. The van der Waals surface area contributed by atoms with Crippen LogP contribution < -0.4 is 29.9 Å². The number of carbonyl (C=O) groups excluding carboxylic acids is 3. The summed E-state index contributed by atoms with van der Waals surface area (Å²) in [6.07, 6.45) is 2.11. The van der Waals surface area contributed by atoms with Gasteiger partial charge in [0.1, 0.15) is 45.0 Å². The van der Waals surface area contributed by atoms with E-state index in [4.69, 9.17) is 42.1 Å². The van der Waals surface area contributed by atoms with Crippen molar-refractivity contribution in [1.82, 2.24) is 20.2 Å². The van der Waals surface area contributed by atoms with Gasteiger partial charge in [0.2, 0.25) is 0 Å². The molecule has 0 bridgehead atoms. The molecule has 0 spiro atoms. The van der Waals surface area contributed by atoms with E-state index in [-0.39, 0.29) is 56.7 Å². The number of methoxy groups -OCH3 is 2. The maximum absolute atomic E-state index is 13.7. The number of ether oxygens (including phenoxy) is 4. The fourth-order valence-corrected chi connectivity index (χ4v) is 6.58. The highest BCUT2D eigenvalue weighted by atomic mass is 35.5. The van der Waals surface area contributed by atoms with Gasteiger partial charge >= 0.3 is 18.3 Å². The normalized spacial score (nSPS) is 14.6. The van der Waals surface area contributed by atoms with Crippen LogP contribution in [0.2, 0.25) is 10.0 Å². The predicted octanol–water partition coefficient (Wildman–Crippen LogP) is 7.30. The topological polar surface area (TPSA) is 191 Å². The van der Waals surface area contributed by atoms with E-state index in [9.17, 15) is 24.5 Å². The number of nitro benzene ring substituents is 1. The highest BCUT2D eigenvalue weighted by Crippen LogP contribution is 2.44. The van der Waals surface area contributed by atoms with Gasteiger partial charge in [-0.15, -0.1) is 0 Å². The second-order valence-electron chi connectivity index (χ2n) is 13.7. The quantitative estimate of drug-likeness (QED) is 0.112. The third-order valence-electron chi connectivity index (χ3n) is 8.84. The standard InChI is InChI=1S/C35H42Cl2N8O9/c1-35(2,3)54-34(48)44(24-10-9-23(16-25(24)45(49)50)43-13-11-22(12-14-43)42(4)21-7-8-21)28-15-20(39-19-40-28)18-38-32(46)53-33(47)41-31-29(36)26(51-5)17-27(52-6)30(31)37/h9-10,15-17,19,21-22H,7-8,11-14,18H2,1-6H3,(H,38,46)(H,41,47). The number of halogens is 2. The summed E-state index contributed by atoms with van der Waals surface area (Å²) in [4.78, 5) is 64.7. The molecular weight excluding hydrogens is 747 g/mol. The van der Waals surface area contributed by atoms with Crippen molar-refractivity contribution in [2.45, 2.75) is 70.7 Å². The van der Waals surface area contributed by atoms with E-state index in [2.05, 4.69) is 37.4 Å². The summed E-state index contributed by atoms with van der Waals surface area (Å²) in [5.74, 6) is 0.218. The molecule has 19 heteroatoms. The van der Waals surface area contributed by atoms with E-state index in [1.54, 1.807) is 26.8 Å². The second-order valence-corrected chi connectivity index (χ2v) is 14.4. The smallest absolute Gasteiger partial charge is 0.420 e. The van der Waals surface area contributed by atoms with Crippen LogP contribution in [0.3, 0.4) is 0 Å². The number of aromatic nitrogens is 2. The van der Waals surface area contributed by atoms with Gasteiger partial charge in [-0.05, 0) is 65.6 Å². The SMILES string of the molecule is COc1cc(OC)c(Cl)c(NC(=O)OC(=O)NCc2cc(N(C(=O)OC(C)(C)C)c3ccc(N4CCC(N(C)C5CC5)CC4)cc3[N+](=O)[O-])ncn2)c1Cl. The molecule has 0 unspecified atom stereocenters. The van der Waals surface area contributed by atoms with Crippen LogP contribution in [0, 0.1) is 10.1 Å². The molecule has 17 nitrogen and oxygen atoms in total. The third-order valence-corrected chi connectivity index (χ3v) is 9.59. The maximum Gasteiger partial charge on any atom is 0.420 e. The van der Waals surface area contributed by atoms with Crippen LogP contribution in [0.15, 0.2) is 36.7 Å². The number of piperidine rings is 1. The molecule has 2 fully saturated rings. The van der Waals surface area contributed by atoms with E-state index in [1.165, 1.54) is 51.3 Å². The summed E-state index contributed by atoms with van der Waals surface area (Å²) < 4.78 is 20.8. The van der Waals surface area contributed by atoms with Crippen molar-refractivity contribution in [3.05, 3.63) is 62.5 Å².